The molecule has 2 aromatic carbocycles. The fourth-order valence-electron chi connectivity index (χ4n) is 7.22. The summed E-state index contributed by atoms with van der Waals surface area (Å²) in [6.45, 7) is 1.22. The molecule has 1 aliphatic heterocycles. The van der Waals surface area contributed by atoms with E-state index in [4.69, 9.17) is 0 Å². The number of Topliss-reactive ketones (excluding diaryl/α,β-unsaturated/α-hetero) is 1. The van der Waals surface area contributed by atoms with Crippen molar-refractivity contribution in [2.45, 2.75) is 115 Å². The number of ketones is 1. The Morgan fingerprint density at radius 3 is 2.30 bits per heavy atom. The molecule has 0 radical (unpaired) electrons. The summed E-state index contributed by atoms with van der Waals surface area (Å²) in [5, 5.41) is 13.6. The van der Waals surface area contributed by atoms with Crippen molar-refractivity contribution in [2.24, 2.45) is 5.92 Å². The third kappa shape index (κ3) is 13.5. The third-order valence-electron chi connectivity index (χ3n) is 10.3. The molecule has 1 fully saturated rings. The first-order valence-corrected chi connectivity index (χ1v) is 20.0. The van der Waals surface area contributed by atoms with Gasteiger partial charge < -0.3 is 31.5 Å². The number of rotatable bonds is 12. The number of amides is 6. The molecule has 56 heavy (non-hydrogen) atoms. The quantitative estimate of drug-likeness (QED) is 0.204. The highest BCUT2D eigenvalue weighted by Crippen LogP contribution is 2.27. The topological polar surface area (TPSA) is 183 Å². The molecular weight excluding hydrogens is 713 g/mol. The smallest absolute Gasteiger partial charge is 0.290 e. The van der Waals surface area contributed by atoms with Crippen LogP contribution in [0.4, 0.5) is 0 Å². The Morgan fingerprint density at radius 1 is 0.857 bits per heavy atom. The normalized spacial score (nSPS) is 20.1. The van der Waals surface area contributed by atoms with Crippen molar-refractivity contribution in [3.05, 3.63) is 77.4 Å². The summed E-state index contributed by atoms with van der Waals surface area (Å²) in [5.41, 5.74) is 2.27. The van der Waals surface area contributed by atoms with E-state index < -0.39 is 60.1 Å². The molecule has 0 aromatic heterocycles. The molecule has 1 unspecified atom stereocenters. The third-order valence-corrected chi connectivity index (χ3v) is 10.3. The SMILES string of the molecule is CCCC(NC(=O)[C@@H]1Cc2cccc(c2)/C=C\CCCCCC(=O)N[C@@H](C2CCCCC2)C(=O)N1)C(=O)C(=O)NCC(=O)N[C@H](C(=O)N(C)C)c1ccccc1. The average molecular weight is 771 g/mol. The first kappa shape index (κ1) is 43.4. The number of fused-ring (bicyclic) bond motifs is 2. The summed E-state index contributed by atoms with van der Waals surface area (Å²) in [6, 6.07) is 12.1. The van der Waals surface area contributed by atoms with Crippen LogP contribution in [0.25, 0.3) is 6.08 Å². The van der Waals surface area contributed by atoms with Crippen molar-refractivity contribution in [3.8, 4) is 0 Å². The molecule has 2 aromatic rings. The summed E-state index contributed by atoms with van der Waals surface area (Å²) in [7, 11) is 3.13. The van der Waals surface area contributed by atoms with E-state index in [2.05, 4.69) is 32.7 Å². The average Bonchev–Trinajstić information content (AvgIpc) is 3.20. The van der Waals surface area contributed by atoms with Crippen LogP contribution in [0, 0.1) is 5.92 Å². The summed E-state index contributed by atoms with van der Waals surface area (Å²) in [6.07, 6.45) is 13.0. The lowest BCUT2D eigenvalue weighted by atomic mass is 9.83. The minimum absolute atomic E-state index is 0.0784. The van der Waals surface area contributed by atoms with E-state index in [9.17, 15) is 33.6 Å². The molecule has 2 bridgehead atoms. The molecule has 1 heterocycles. The Kier molecular flexibility index (Phi) is 17.3. The molecule has 4 rings (SSSR count). The Balaban J connectivity index is 1.51. The van der Waals surface area contributed by atoms with Crippen LogP contribution in [0.1, 0.15) is 107 Å². The highest BCUT2D eigenvalue weighted by molar-refractivity contribution is 6.38. The van der Waals surface area contributed by atoms with Gasteiger partial charge in [0.25, 0.3) is 5.91 Å². The van der Waals surface area contributed by atoms with Gasteiger partial charge in [0.05, 0.1) is 12.6 Å². The first-order chi connectivity index (χ1) is 27.0. The number of benzene rings is 2. The zero-order valence-corrected chi connectivity index (χ0v) is 32.9. The second-order valence-corrected chi connectivity index (χ2v) is 15.0. The van der Waals surface area contributed by atoms with Crippen LogP contribution in [0.15, 0.2) is 60.7 Å². The standard InChI is InChI=1S/C43H58N6O7/c1-4-17-33(39(52)42(55)44-28-36(51)48-38(43(56)49(2)3)32-23-13-9-14-24-32)45-40(53)34-27-30-20-16-19-29(26-30)18-10-6-5-7-15-25-35(50)47-37(41(54)46-34)31-21-11-8-12-22-31/h9-10,13-14,16,18-20,23-24,26,31,33-34,37-38H,4-8,11-12,15,17,21-22,25,27-28H2,1-3H3,(H,44,55)(H,45,53)(H,46,54)(H,47,50)(H,48,51)/b18-10-/t33?,34-,37-,38-/m0/s1. The lowest BCUT2D eigenvalue weighted by Gasteiger charge is -2.31. The van der Waals surface area contributed by atoms with Gasteiger partial charge >= 0.3 is 0 Å². The van der Waals surface area contributed by atoms with E-state index in [1.54, 1.807) is 51.4 Å². The highest BCUT2D eigenvalue weighted by atomic mass is 16.2. The largest absolute Gasteiger partial charge is 0.347 e. The predicted molar refractivity (Wildman–Crippen MR) is 214 cm³/mol. The lowest BCUT2D eigenvalue weighted by molar-refractivity contribution is -0.141. The fourth-order valence-corrected chi connectivity index (χ4v) is 7.22. The van der Waals surface area contributed by atoms with Crippen LogP contribution in [-0.4, -0.2) is 84.9 Å². The summed E-state index contributed by atoms with van der Waals surface area (Å²) >= 11 is 0. The number of nitrogens with zero attached hydrogens (tertiary/aromatic N) is 1. The molecular formula is C43H58N6O7. The molecule has 6 amide bonds. The van der Waals surface area contributed by atoms with Gasteiger partial charge in [0.1, 0.15) is 18.1 Å². The van der Waals surface area contributed by atoms with Crippen LogP contribution < -0.4 is 26.6 Å². The van der Waals surface area contributed by atoms with Crippen molar-refractivity contribution in [2.75, 3.05) is 20.6 Å². The Labute approximate surface area is 330 Å². The molecule has 13 heteroatoms. The number of nitrogens with one attached hydrogen (secondary N) is 5. The fraction of sp³-hybridized carbons (Fsp3) is 0.512. The van der Waals surface area contributed by atoms with Crippen LogP contribution in [0.3, 0.4) is 0 Å². The van der Waals surface area contributed by atoms with Gasteiger partial charge in [-0.3, -0.25) is 33.6 Å². The molecule has 0 spiro atoms. The van der Waals surface area contributed by atoms with Crippen molar-refractivity contribution in [1.29, 1.82) is 0 Å². The Hall–Kier alpha value is -5.33. The molecule has 1 aliphatic carbocycles. The highest BCUT2D eigenvalue weighted by Gasteiger charge is 2.35. The van der Waals surface area contributed by atoms with Gasteiger partial charge in [-0.15, -0.1) is 0 Å². The van der Waals surface area contributed by atoms with Crippen LogP contribution in [-0.2, 0) is 40.0 Å². The van der Waals surface area contributed by atoms with Gasteiger partial charge in [-0.25, -0.2) is 0 Å². The van der Waals surface area contributed by atoms with Crippen molar-refractivity contribution < 1.29 is 33.6 Å². The summed E-state index contributed by atoms with van der Waals surface area (Å²) in [4.78, 5) is 95.1. The van der Waals surface area contributed by atoms with Crippen molar-refractivity contribution in [1.82, 2.24) is 31.5 Å². The second-order valence-electron chi connectivity index (χ2n) is 15.0. The predicted octanol–water partition coefficient (Wildman–Crippen LogP) is 3.67. The van der Waals surface area contributed by atoms with Gasteiger partial charge in [0.15, 0.2) is 0 Å². The van der Waals surface area contributed by atoms with Crippen LogP contribution in [0.5, 0.6) is 0 Å². The van der Waals surface area contributed by atoms with Gasteiger partial charge in [0.2, 0.25) is 35.3 Å². The Morgan fingerprint density at radius 2 is 1.59 bits per heavy atom. The lowest BCUT2D eigenvalue weighted by Crippen LogP contribution is -2.59. The molecule has 302 valence electrons. The second kappa shape index (κ2) is 22.3. The van der Waals surface area contributed by atoms with Gasteiger partial charge in [-0.2, -0.15) is 0 Å². The number of likely N-dealkylation sites (N-methyl/N-ethyl adjacent to an activating group) is 1. The minimum Gasteiger partial charge on any atom is -0.347 e. The van der Waals surface area contributed by atoms with Gasteiger partial charge in [0, 0.05) is 26.9 Å². The van der Waals surface area contributed by atoms with Gasteiger partial charge in [-0.05, 0) is 61.1 Å². The molecule has 2 aliphatic rings. The maximum absolute atomic E-state index is 14.1. The maximum Gasteiger partial charge on any atom is 0.290 e. The number of carbonyl (C=O) groups is 7. The van der Waals surface area contributed by atoms with Crippen LogP contribution in [0.2, 0.25) is 0 Å². The van der Waals surface area contributed by atoms with E-state index in [0.717, 1.165) is 62.5 Å². The van der Waals surface area contributed by atoms with E-state index in [1.807, 2.05) is 30.3 Å². The number of hydrogen-bond acceptors (Lipinski definition) is 7. The van der Waals surface area contributed by atoms with E-state index in [1.165, 1.54) is 4.90 Å². The summed E-state index contributed by atoms with van der Waals surface area (Å²) in [5.74, 6) is -4.49. The summed E-state index contributed by atoms with van der Waals surface area (Å²) < 4.78 is 0. The maximum atomic E-state index is 14.1. The van der Waals surface area contributed by atoms with E-state index in [-0.39, 0.29) is 30.6 Å². The van der Waals surface area contributed by atoms with E-state index >= 15 is 0 Å². The zero-order chi connectivity index (χ0) is 40.5. The molecule has 5 N–H and O–H groups in total. The molecule has 13 nitrogen and oxygen atoms in total. The monoisotopic (exact) mass is 770 g/mol. The molecule has 0 saturated heterocycles. The number of allylic oxidation sites excluding steroid dienone is 1. The number of hydrogen-bond donors (Lipinski definition) is 5. The van der Waals surface area contributed by atoms with Crippen molar-refractivity contribution in [3.63, 3.8) is 0 Å². The molecule has 4 atom stereocenters. The first-order valence-electron chi connectivity index (χ1n) is 20.0. The van der Waals surface area contributed by atoms with Crippen LogP contribution >= 0.6 is 0 Å². The van der Waals surface area contributed by atoms with E-state index in [0.29, 0.717) is 24.8 Å². The molecule has 1 saturated carbocycles. The number of carbonyl (C=O) groups excluding carboxylic acids is 7. The zero-order valence-electron chi connectivity index (χ0n) is 32.9. The van der Waals surface area contributed by atoms with Crippen molar-refractivity contribution >= 4 is 47.3 Å². The minimum atomic E-state index is -1.24. The van der Waals surface area contributed by atoms with Gasteiger partial charge in [-0.1, -0.05) is 106 Å². The Bertz CT molecular complexity index is 1710.